The Kier molecular flexibility index (Phi) is 7.51. The van der Waals surface area contributed by atoms with Crippen LogP contribution in [0.3, 0.4) is 0 Å². The van der Waals surface area contributed by atoms with Crippen LogP contribution in [0.1, 0.15) is 18.4 Å². The normalized spacial score (nSPS) is 14.0. The first-order valence-electron chi connectivity index (χ1n) is 11.3. The number of amides is 1. The van der Waals surface area contributed by atoms with Gasteiger partial charge in [0.15, 0.2) is 0 Å². The Hall–Kier alpha value is -3.75. The summed E-state index contributed by atoms with van der Waals surface area (Å²) in [5.74, 6) is 2.90. The third-order valence-corrected chi connectivity index (χ3v) is 6.08. The molecule has 1 N–H and O–H groups in total. The number of nitrogens with zero attached hydrogens (tertiary/aromatic N) is 3. The number of piperidine rings is 1. The molecule has 2 heterocycles. The van der Waals surface area contributed by atoms with Crippen molar-refractivity contribution in [1.82, 2.24) is 15.5 Å². The SMILES string of the molecule is COc1ccc(-c2noc(N3CCC(C(=O)NCCc4cc(OC)ccc4OC)CC3)n2)cc1. The van der Waals surface area contributed by atoms with Crippen molar-refractivity contribution in [2.75, 3.05) is 45.9 Å². The molecule has 9 heteroatoms. The summed E-state index contributed by atoms with van der Waals surface area (Å²) in [6.07, 6.45) is 2.13. The fourth-order valence-corrected chi connectivity index (χ4v) is 4.08. The number of aromatic nitrogens is 2. The fourth-order valence-electron chi connectivity index (χ4n) is 4.08. The van der Waals surface area contributed by atoms with Gasteiger partial charge in [-0.2, -0.15) is 4.98 Å². The summed E-state index contributed by atoms with van der Waals surface area (Å²) >= 11 is 0. The number of carbonyl (C=O) groups is 1. The lowest BCUT2D eigenvalue weighted by molar-refractivity contribution is -0.125. The van der Waals surface area contributed by atoms with E-state index in [4.69, 9.17) is 18.7 Å². The Morgan fingerprint density at radius 3 is 2.41 bits per heavy atom. The standard InChI is InChI=1S/C25H30N4O5/c1-31-20-6-4-17(5-7-20)23-27-25(34-28-23)29-14-11-18(12-15-29)24(30)26-13-10-19-16-21(32-2)8-9-22(19)33-3/h4-9,16,18H,10-15H2,1-3H3,(H,26,30). The second-order valence-electron chi connectivity index (χ2n) is 8.11. The molecule has 1 saturated heterocycles. The summed E-state index contributed by atoms with van der Waals surface area (Å²) < 4.78 is 21.4. The summed E-state index contributed by atoms with van der Waals surface area (Å²) in [6.45, 7) is 1.91. The van der Waals surface area contributed by atoms with Crippen molar-refractivity contribution >= 4 is 11.9 Å². The molecule has 0 unspecified atom stereocenters. The van der Waals surface area contributed by atoms with Crippen molar-refractivity contribution in [3.63, 3.8) is 0 Å². The van der Waals surface area contributed by atoms with Crippen LogP contribution in [0, 0.1) is 5.92 Å². The number of anilines is 1. The van der Waals surface area contributed by atoms with Crippen LogP contribution in [-0.4, -0.2) is 57.0 Å². The maximum absolute atomic E-state index is 12.7. The number of carbonyl (C=O) groups excluding carboxylic acids is 1. The molecule has 3 aromatic rings. The van der Waals surface area contributed by atoms with E-state index in [1.54, 1.807) is 21.3 Å². The van der Waals surface area contributed by atoms with Crippen molar-refractivity contribution in [2.45, 2.75) is 19.3 Å². The van der Waals surface area contributed by atoms with Gasteiger partial charge in [0.2, 0.25) is 11.7 Å². The highest BCUT2D eigenvalue weighted by molar-refractivity contribution is 5.79. The number of hydrogen-bond acceptors (Lipinski definition) is 8. The minimum atomic E-state index is -0.0348. The molecule has 180 valence electrons. The molecule has 34 heavy (non-hydrogen) atoms. The van der Waals surface area contributed by atoms with Crippen molar-refractivity contribution in [2.24, 2.45) is 5.92 Å². The monoisotopic (exact) mass is 466 g/mol. The Morgan fingerprint density at radius 1 is 1.03 bits per heavy atom. The van der Waals surface area contributed by atoms with Gasteiger partial charge in [0.05, 0.1) is 21.3 Å². The fraction of sp³-hybridized carbons (Fsp3) is 0.400. The predicted octanol–water partition coefficient (Wildman–Crippen LogP) is 3.34. The molecule has 9 nitrogen and oxygen atoms in total. The van der Waals surface area contributed by atoms with Gasteiger partial charge in [0, 0.05) is 31.1 Å². The topological polar surface area (TPSA) is 99.0 Å². The first-order chi connectivity index (χ1) is 16.6. The predicted molar refractivity (Wildman–Crippen MR) is 127 cm³/mol. The zero-order chi connectivity index (χ0) is 23.9. The maximum Gasteiger partial charge on any atom is 0.324 e. The summed E-state index contributed by atoms with van der Waals surface area (Å²) in [7, 11) is 4.90. The van der Waals surface area contributed by atoms with E-state index in [-0.39, 0.29) is 11.8 Å². The van der Waals surface area contributed by atoms with Crippen LogP contribution in [0.2, 0.25) is 0 Å². The number of nitrogens with one attached hydrogen (secondary N) is 1. The summed E-state index contributed by atoms with van der Waals surface area (Å²) in [5.41, 5.74) is 1.86. The third kappa shape index (κ3) is 5.41. The molecule has 1 aromatic heterocycles. The van der Waals surface area contributed by atoms with Gasteiger partial charge < -0.3 is 29.0 Å². The molecule has 0 saturated carbocycles. The van der Waals surface area contributed by atoms with Crippen LogP contribution in [0.4, 0.5) is 6.01 Å². The van der Waals surface area contributed by atoms with Gasteiger partial charge in [-0.1, -0.05) is 5.16 Å². The minimum absolute atomic E-state index is 0.0348. The molecule has 2 aromatic carbocycles. The molecular formula is C25H30N4O5. The van der Waals surface area contributed by atoms with E-state index in [1.807, 2.05) is 47.4 Å². The van der Waals surface area contributed by atoms with Crippen LogP contribution in [-0.2, 0) is 11.2 Å². The summed E-state index contributed by atoms with van der Waals surface area (Å²) in [4.78, 5) is 19.3. The summed E-state index contributed by atoms with van der Waals surface area (Å²) in [5, 5.41) is 7.16. The Morgan fingerprint density at radius 2 is 1.74 bits per heavy atom. The Balaban J connectivity index is 1.26. The van der Waals surface area contributed by atoms with Crippen LogP contribution in [0.25, 0.3) is 11.4 Å². The average Bonchev–Trinajstić information content (AvgIpc) is 3.39. The molecular weight excluding hydrogens is 436 g/mol. The zero-order valence-electron chi connectivity index (χ0n) is 19.7. The quantitative estimate of drug-likeness (QED) is 0.513. The van der Waals surface area contributed by atoms with Gasteiger partial charge in [-0.15, -0.1) is 0 Å². The van der Waals surface area contributed by atoms with Gasteiger partial charge in [-0.05, 0) is 67.3 Å². The lowest BCUT2D eigenvalue weighted by Gasteiger charge is -2.29. The van der Waals surface area contributed by atoms with Gasteiger partial charge in [0.25, 0.3) is 0 Å². The van der Waals surface area contributed by atoms with Crippen LogP contribution in [0.5, 0.6) is 17.2 Å². The second-order valence-corrected chi connectivity index (χ2v) is 8.11. The Labute approximate surface area is 199 Å². The van der Waals surface area contributed by atoms with Gasteiger partial charge in [-0.25, -0.2) is 0 Å². The summed E-state index contributed by atoms with van der Waals surface area (Å²) in [6, 6.07) is 13.7. The zero-order valence-corrected chi connectivity index (χ0v) is 19.7. The smallest absolute Gasteiger partial charge is 0.324 e. The first kappa shape index (κ1) is 23.4. The highest BCUT2D eigenvalue weighted by Gasteiger charge is 2.27. The van der Waals surface area contributed by atoms with Crippen molar-refractivity contribution in [1.29, 1.82) is 0 Å². The molecule has 0 atom stereocenters. The van der Waals surface area contributed by atoms with Crippen LogP contribution < -0.4 is 24.4 Å². The van der Waals surface area contributed by atoms with Gasteiger partial charge >= 0.3 is 6.01 Å². The van der Waals surface area contributed by atoms with E-state index in [1.165, 1.54) is 0 Å². The van der Waals surface area contributed by atoms with E-state index in [0.29, 0.717) is 37.9 Å². The largest absolute Gasteiger partial charge is 0.497 e. The molecule has 1 fully saturated rings. The number of ether oxygens (including phenoxy) is 3. The number of benzene rings is 2. The Bertz CT molecular complexity index is 1090. The molecule has 1 aliphatic heterocycles. The number of hydrogen-bond donors (Lipinski definition) is 1. The van der Waals surface area contributed by atoms with Crippen LogP contribution in [0.15, 0.2) is 47.0 Å². The van der Waals surface area contributed by atoms with Gasteiger partial charge in [-0.3, -0.25) is 4.79 Å². The maximum atomic E-state index is 12.7. The average molecular weight is 467 g/mol. The van der Waals surface area contributed by atoms with Crippen molar-refractivity contribution in [3.05, 3.63) is 48.0 Å². The molecule has 4 rings (SSSR count). The molecule has 0 aliphatic carbocycles. The van der Waals surface area contributed by atoms with E-state index in [2.05, 4.69) is 15.5 Å². The minimum Gasteiger partial charge on any atom is -0.497 e. The van der Waals surface area contributed by atoms with Crippen molar-refractivity contribution in [3.8, 4) is 28.6 Å². The van der Waals surface area contributed by atoms with Crippen LogP contribution >= 0.6 is 0 Å². The lowest BCUT2D eigenvalue weighted by Crippen LogP contribution is -2.41. The highest BCUT2D eigenvalue weighted by atomic mass is 16.5. The lowest BCUT2D eigenvalue weighted by atomic mass is 9.96. The number of methoxy groups -OCH3 is 3. The van der Waals surface area contributed by atoms with E-state index in [9.17, 15) is 4.79 Å². The molecule has 0 spiro atoms. The third-order valence-electron chi connectivity index (χ3n) is 6.08. The number of rotatable bonds is 9. The van der Waals surface area contributed by atoms with E-state index in [0.717, 1.165) is 41.2 Å². The second kappa shape index (κ2) is 10.9. The molecule has 1 aliphatic rings. The van der Waals surface area contributed by atoms with Crippen molar-refractivity contribution < 1.29 is 23.5 Å². The highest BCUT2D eigenvalue weighted by Crippen LogP contribution is 2.27. The molecule has 1 amide bonds. The molecule has 0 bridgehead atoms. The first-order valence-corrected chi connectivity index (χ1v) is 11.3. The van der Waals surface area contributed by atoms with Gasteiger partial charge in [0.1, 0.15) is 17.2 Å². The van der Waals surface area contributed by atoms with E-state index >= 15 is 0 Å². The van der Waals surface area contributed by atoms with E-state index < -0.39 is 0 Å². The molecule has 0 radical (unpaired) electrons.